The molecule has 1 aromatic heterocycles. The van der Waals surface area contributed by atoms with Crippen LogP contribution in [0.25, 0.3) is 0 Å². The Bertz CT molecular complexity index is 468. The van der Waals surface area contributed by atoms with Gasteiger partial charge in [0.15, 0.2) is 0 Å². The van der Waals surface area contributed by atoms with Gasteiger partial charge in [-0.2, -0.15) is 0 Å². The Hall–Kier alpha value is -1.39. The third-order valence-corrected chi connectivity index (χ3v) is 3.69. The fourth-order valence-electron chi connectivity index (χ4n) is 1.56. The summed E-state index contributed by atoms with van der Waals surface area (Å²) in [6.45, 7) is 3.23. The highest BCUT2D eigenvalue weighted by atomic mass is 32.1. The second kappa shape index (κ2) is 5.80. The third-order valence-electron chi connectivity index (χ3n) is 2.45. The normalized spacial score (nSPS) is 10.5. The molecule has 0 fully saturated rings. The van der Waals surface area contributed by atoms with Gasteiger partial charge in [0.05, 0.1) is 17.3 Å². The van der Waals surface area contributed by atoms with Crippen LogP contribution in [0.15, 0.2) is 30.3 Å². The minimum Gasteiger partial charge on any atom is -0.493 e. The summed E-state index contributed by atoms with van der Waals surface area (Å²) in [5.41, 5.74) is 6.67. The number of aromatic nitrogens is 1. The molecule has 2 aromatic rings. The standard InChI is InChI=1S/C13H16N2OS/c1-10-12(9-14)17-13(15-10)7-8-16-11-5-3-2-4-6-11/h2-6H,7-9,14H2,1H3. The molecule has 0 saturated heterocycles. The van der Waals surface area contributed by atoms with Gasteiger partial charge in [-0.3, -0.25) is 0 Å². The first-order chi connectivity index (χ1) is 8.29. The van der Waals surface area contributed by atoms with Crippen LogP contribution >= 0.6 is 11.3 Å². The van der Waals surface area contributed by atoms with E-state index in [0.717, 1.165) is 22.9 Å². The van der Waals surface area contributed by atoms with Crippen LogP contribution in [-0.2, 0) is 13.0 Å². The number of aryl methyl sites for hydroxylation is 1. The van der Waals surface area contributed by atoms with Gasteiger partial charge in [0.25, 0.3) is 0 Å². The SMILES string of the molecule is Cc1nc(CCOc2ccccc2)sc1CN. The fraction of sp³-hybridized carbons (Fsp3) is 0.308. The molecule has 1 aromatic carbocycles. The van der Waals surface area contributed by atoms with Gasteiger partial charge in [0.1, 0.15) is 5.75 Å². The van der Waals surface area contributed by atoms with E-state index in [9.17, 15) is 0 Å². The monoisotopic (exact) mass is 248 g/mol. The van der Waals surface area contributed by atoms with Crippen LogP contribution in [0.1, 0.15) is 15.6 Å². The van der Waals surface area contributed by atoms with Crippen LogP contribution in [0.5, 0.6) is 5.75 Å². The quantitative estimate of drug-likeness (QED) is 0.884. The van der Waals surface area contributed by atoms with Crippen LogP contribution < -0.4 is 10.5 Å². The van der Waals surface area contributed by atoms with Crippen molar-refractivity contribution in [1.29, 1.82) is 0 Å². The van der Waals surface area contributed by atoms with E-state index in [1.807, 2.05) is 37.3 Å². The smallest absolute Gasteiger partial charge is 0.119 e. The van der Waals surface area contributed by atoms with E-state index in [1.54, 1.807) is 11.3 Å². The van der Waals surface area contributed by atoms with Crippen molar-refractivity contribution in [2.75, 3.05) is 6.61 Å². The summed E-state index contributed by atoms with van der Waals surface area (Å²) in [5.74, 6) is 0.903. The zero-order valence-electron chi connectivity index (χ0n) is 9.85. The van der Waals surface area contributed by atoms with E-state index in [1.165, 1.54) is 4.88 Å². The average molecular weight is 248 g/mol. The lowest BCUT2D eigenvalue weighted by Crippen LogP contribution is -2.00. The number of benzene rings is 1. The van der Waals surface area contributed by atoms with Gasteiger partial charge in [0.2, 0.25) is 0 Å². The van der Waals surface area contributed by atoms with Crippen LogP contribution in [0, 0.1) is 6.92 Å². The van der Waals surface area contributed by atoms with Gasteiger partial charge in [-0.25, -0.2) is 4.98 Å². The summed E-state index contributed by atoms with van der Waals surface area (Å²) in [6, 6.07) is 9.83. The Labute approximate surface area is 105 Å². The molecule has 17 heavy (non-hydrogen) atoms. The number of ether oxygens (including phenoxy) is 1. The molecule has 0 aliphatic carbocycles. The summed E-state index contributed by atoms with van der Waals surface area (Å²) in [7, 11) is 0. The van der Waals surface area contributed by atoms with E-state index in [-0.39, 0.29) is 0 Å². The van der Waals surface area contributed by atoms with Crippen LogP contribution in [0.4, 0.5) is 0 Å². The van der Waals surface area contributed by atoms with E-state index in [2.05, 4.69) is 4.98 Å². The molecule has 0 amide bonds. The van der Waals surface area contributed by atoms with Crippen molar-refractivity contribution < 1.29 is 4.74 Å². The highest BCUT2D eigenvalue weighted by Crippen LogP contribution is 2.18. The molecule has 0 spiro atoms. The number of hydrogen-bond donors (Lipinski definition) is 1. The summed E-state index contributed by atoms with van der Waals surface area (Å²) >= 11 is 1.68. The van der Waals surface area contributed by atoms with E-state index in [0.29, 0.717) is 13.2 Å². The minimum absolute atomic E-state index is 0.572. The summed E-state index contributed by atoms with van der Waals surface area (Å²) in [4.78, 5) is 5.64. The summed E-state index contributed by atoms with van der Waals surface area (Å²) in [5, 5.41) is 1.10. The van der Waals surface area contributed by atoms with Gasteiger partial charge >= 0.3 is 0 Å². The van der Waals surface area contributed by atoms with Gasteiger partial charge in [-0.15, -0.1) is 11.3 Å². The van der Waals surface area contributed by atoms with Crippen molar-refractivity contribution in [2.24, 2.45) is 5.73 Å². The van der Waals surface area contributed by atoms with E-state index >= 15 is 0 Å². The molecule has 0 radical (unpaired) electrons. The molecule has 0 saturated carbocycles. The molecule has 0 aliphatic heterocycles. The molecule has 0 bridgehead atoms. The second-order valence-electron chi connectivity index (χ2n) is 3.73. The molecular formula is C13H16N2OS. The predicted octanol–water partition coefficient (Wildman–Crippen LogP) is 2.53. The predicted molar refractivity (Wildman–Crippen MR) is 70.4 cm³/mol. The third kappa shape index (κ3) is 3.28. The Morgan fingerprint density at radius 1 is 1.29 bits per heavy atom. The molecule has 90 valence electrons. The topological polar surface area (TPSA) is 48.1 Å². The molecule has 4 heteroatoms. The van der Waals surface area contributed by atoms with Crippen molar-refractivity contribution in [1.82, 2.24) is 4.98 Å². The zero-order chi connectivity index (χ0) is 12.1. The molecule has 1 heterocycles. The number of para-hydroxylation sites is 1. The Morgan fingerprint density at radius 2 is 2.06 bits per heavy atom. The van der Waals surface area contributed by atoms with Crippen LogP contribution in [0.3, 0.4) is 0 Å². The first-order valence-corrected chi connectivity index (χ1v) is 6.44. The lowest BCUT2D eigenvalue weighted by molar-refractivity contribution is 0.321. The number of nitrogens with zero attached hydrogens (tertiary/aromatic N) is 1. The van der Waals surface area contributed by atoms with Crippen molar-refractivity contribution in [3.8, 4) is 5.75 Å². The molecule has 2 N–H and O–H groups in total. The number of thiazole rings is 1. The first kappa shape index (κ1) is 12.1. The molecule has 0 atom stereocenters. The van der Waals surface area contributed by atoms with Gasteiger partial charge in [-0.1, -0.05) is 18.2 Å². The minimum atomic E-state index is 0.572. The maximum absolute atomic E-state index is 5.63. The summed E-state index contributed by atoms with van der Waals surface area (Å²) in [6.07, 6.45) is 0.834. The number of rotatable bonds is 5. The molecule has 3 nitrogen and oxygen atoms in total. The summed E-state index contributed by atoms with van der Waals surface area (Å²) < 4.78 is 5.63. The highest BCUT2D eigenvalue weighted by Gasteiger charge is 2.05. The van der Waals surface area contributed by atoms with Crippen molar-refractivity contribution in [3.05, 3.63) is 45.9 Å². The van der Waals surface area contributed by atoms with Crippen LogP contribution in [-0.4, -0.2) is 11.6 Å². The number of nitrogens with two attached hydrogens (primary N) is 1. The molecule has 2 rings (SSSR count). The highest BCUT2D eigenvalue weighted by molar-refractivity contribution is 7.11. The molecular weight excluding hydrogens is 232 g/mol. The second-order valence-corrected chi connectivity index (χ2v) is 4.90. The molecule has 0 unspecified atom stereocenters. The van der Waals surface area contributed by atoms with Crippen molar-refractivity contribution in [3.63, 3.8) is 0 Å². The van der Waals surface area contributed by atoms with Crippen molar-refractivity contribution >= 4 is 11.3 Å². The Kier molecular flexibility index (Phi) is 4.12. The van der Waals surface area contributed by atoms with Gasteiger partial charge < -0.3 is 10.5 Å². The Morgan fingerprint density at radius 3 is 2.71 bits per heavy atom. The largest absolute Gasteiger partial charge is 0.493 e. The van der Waals surface area contributed by atoms with E-state index in [4.69, 9.17) is 10.5 Å². The van der Waals surface area contributed by atoms with Crippen molar-refractivity contribution in [2.45, 2.75) is 19.9 Å². The van der Waals surface area contributed by atoms with Gasteiger partial charge in [0, 0.05) is 17.8 Å². The lowest BCUT2D eigenvalue weighted by Gasteiger charge is -2.03. The molecule has 0 aliphatic rings. The van der Waals surface area contributed by atoms with Crippen LogP contribution in [0.2, 0.25) is 0 Å². The fourth-order valence-corrected chi connectivity index (χ4v) is 2.49. The van der Waals surface area contributed by atoms with Gasteiger partial charge in [-0.05, 0) is 19.1 Å². The Balaban J connectivity index is 1.86. The lowest BCUT2D eigenvalue weighted by atomic mass is 10.3. The maximum Gasteiger partial charge on any atom is 0.119 e. The van der Waals surface area contributed by atoms with E-state index < -0.39 is 0 Å². The average Bonchev–Trinajstić information content (AvgIpc) is 2.71. The maximum atomic E-state index is 5.63. The zero-order valence-corrected chi connectivity index (χ0v) is 10.7. The first-order valence-electron chi connectivity index (χ1n) is 5.62. The number of hydrogen-bond acceptors (Lipinski definition) is 4.